The van der Waals surface area contributed by atoms with Crippen LogP contribution in [0.4, 0.5) is 0 Å². The Morgan fingerprint density at radius 1 is 1.41 bits per heavy atom. The fraction of sp³-hybridized carbons (Fsp3) is 0.571. The van der Waals surface area contributed by atoms with E-state index in [-0.39, 0.29) is 30.0 Å². The molecule has 0 rings (SSSR count). The van der Waals surface area contributed by atoms with Gasteiger partial charge in [0.25, 0.3) is 0 Å². The molecule has 1 N–H and O–H groups in total. The van der Waals surface area contributed by atoms with E-state index in [0.29, 0.717) is 25.7 Å². The fourth-order valence-corrected chi connectivity index (χ4v) is 1.69. The van der Waals surface area contributed by atoms with Crippen molar-refractivity contribution in [2.45, 2.75) is 39.0 Å². The summed E-state index contributed by atoms with van der Waals surface area (Å²) in [5, 5.41) is 9.45. The van der Waals surface area contributed by atoms with Crippen LogP contribution in [0.2, 0.25) is 0 Å². The van der Waals surface area contributed by atoms with E-state index in [0.717, 1.165) is 0 Å². The first-order chi connectivity index (χ1) is 8.03. The van der Waals surface area contributed by atoms with Gasteiger partial charge in [-0.05, 0) is 36.7 Å². The maximum Gasteiger partial charge on any atom is 0.205 e. The normalized spacial score (nSPS) is 13.5. The average Bonchev–Trinajstić information content (AvgIpc) is 2.38. The van der Waals surface area contributed by atoms with E-state index in [1.54, 1.807) is 0 Å². The molecule has 0 aliphatic heterocycles. The number of rotatable bonds is 9. The van der Waals surface area contributed by atoms with Gasteiger partial charge in [-0.2, -0.15) is 0 Å². The number of aliphatic hydroxyl groups is 1. The molecule has 0 aromatic carbocycles. The van der Waals surface area contributed by atoms with Crippen LogP contribution in [0, 0.1) is 17.8 Å². The lowest BCUT2D eigenvalue weighted by atomic mass is 9.76. The summed E-state index contributed by atoms with van der Waals surface area (Å²) >= 11 is 0. The molecule has 0 radical (unpaired) electrons. The van der Waals surface area contributed by atoms with Crippen molar-refractivity contribution < 1.29 is 14.7 Å². The third-order valence-corrected chi connectivity index (χ3v) is 3.26. The van der Waals surface area contributed by atoms with Gasteiger partial charge in [-0.15, -0.1) is 6.42 Å². The molecule has 0 amide bonds. The highest BCUT2D eigenvalue weighted by atomic mass is 16.3. The van der Waals surface area contributed by atoms with E-state index in [2.05, 4.69) is 12.5 Å². The molecule has 1 unspecified atom stereocenters. The molecule has 0 saturated carbocycles. The zero-order chi connectivity index (χ0) is 13.3. The van der Waals surface area contributed by atoms with Crippen molar-refractivity contribution in [2.75, 3.05) is 6.61 Å². The van der Waals surface area contributed by atoms with Gasteiger partial charge in [0.2, 0.25) is 5.78 Å². The van der Waals surface area contributed by atoms with Gasteiger partial charge in [0.1, 0.15) is 0 Å². The largest absolute Gasteiger partial charge is 0.396 e. The first-order valence-electron chi connectivity index (χ1n) is 5.79. The smallest absolute Gasteiger partial charge is 0.205 e. The van der Waals surface area contributed by atoms with Gasteiger partial charge in [0.15, 0.2) is 5.78 Å². The summed E-state index contributed by atoms with van der Waals surface area (Å²) in [4.78, 5) is 22.3. The molecular weight excluding hydrogens is 216 g/mol. The quantitative estimate of drug-likeness (QED) is 0.378. The van der Waals surface area contributed by atoms with E-state index in [1.165, 1.54) is 6.08 Å². The van der Waals surface area contributed by atoms with Crippen molar-refractivity contribution in [2.24, 2.45) is 5.41 Å². The highest BCUT2D eigenvalue weighted by Crippen LogP contribution is 2.33. The van der Waals surface area contributed by atoms with E-state index in [9.17, 15) is 14.7 Å². The summed E-state index contributed by atoms with van der Waals surface area (Å²) in [7, 11) is 0. The zero-order valence-electron chi connectivity index (χ0n) is 10.4. The zero-order valence-corrected chi connectivity index (χ0v) is 10.4. The summed E-state index contributed by atoms with van der Waals surface area (Å²) in [6.45, 7) is 5.31. The van der Waals surface area contributed by atoms with Gasteiger partial charge in [-0.25, -0.2) is 0 Å². The fourth-order valence-electron chi connectivity index (χ4n) is 1.69. The third kappa shape index (κ3) is 5.46. The third-order valence-electron chi connectivity index (χ3n) is 3.26. The number of hydrogen-bond donors (Lipinski definition) is 1. The molecule has 0 aromatic heterocycles. The number of carbonyl (C=O) groups is 2. The van der Waals surface area contributed by atoms with Crippen molar-refractivity contribution in [3.63, 3.8) is 0 Å². The Bertz CT molecular complexity index is 319. The van der Waals surface area contributed by atoms with Crippen molar-refractivity contribution >= 4 is 11.6 Å². The number of Topliss-reactive ketones (excluding diaryl/α,β-unsaturated/α-hetero) is 1. The highest BCUT2D eigenvalue weighted by Gasteiger charge is 2.28. The lowest BCUT2D eigenvalue weighted by molar-refractivity contribution is -0.115. The van der Waals surface area contributed by atoms with E-state index in [1.807, 2.05) is 6.92 Å². The van der Waals surface area contributed by atoms with Crippen LogP contribution in [0.15, 0.2) is 12.7 Å². The maximum atomic E-state index is 11.2. The number of hydrogen-bond acceptors (Lipinski definition) is 3. The van der Waals surface area contributed by atoms with Gasteiger partial charge < -0.3 is 5.11 Å². The Balaban J connectivity index is 4.45. The monoisotopic (exact) mass is 236 g/mol. The van der Waals surface area contributed by atoms with E-state index >= 15 is 0 Å². The molecule has 0 heterocycles. The number of ketones is 2. The minimum absolute atomic E-state index is 0.0359. The van der Waals surface area contributed by atoms with Gasteiger partial charge in [-0.3, -0.25) is 9.59 Å². The predicted octanol–water partition coefficient (Wildman–Crippen LogP) is 1.89. The van der Waals surface area contributed by atoms with Crippen LogP contribution in [0.5, 0.6) is 0 Å². The van der Waals surface area contributed by atoms with Crippen LogP contribution in [0.1, 0.15) is 39.0 Å². The molecule has 0 aliphatic carbocycles. The Hall–Kier alpha value is -1.40. The van der Waals surface area contributed by atoms with E-state index < -0.39 is 0 Å². The Morgan fingerprint density at radius 3 is 2.41 bits per heavy atom. The number of aliphatic hydroxyl groups excluding tert-OH is 1. The molecule has 17 heavy (non-hydrogen) atoms. The Morgan fingerprint density at radius 2 is 2.00 bits per heavy atom. The highest BCUT2D eigenvalue weighted by molar-refractivity contribution is 5.94. The van der Waals surface area contributed by atoms with Gasteiger partial charge >= 0.3 is 0 Å². The summed E-state index contributed by atoms with van der Waals surface area (Å²) in [6.07, 6.45) is 8.68. The molecule has 3 nitrogen and oxygen atoms in total. The van der Waals surface area contributed by atoms with Gasteiger partial charge in [0, 0.05) is 19.4 Å². The topological polar surface area (TPSA) is 54.4 Å². The van der Waals surface area contributed by atoms with E-state index in [4.69, 9.17) is 6.42 Å². The summed E-state index contributed by atoms with van der Waals surface area (Å²) in [6, 6.07) is 0. The minimum Gasteiger partial charge on any atom is -0.396 e. The summed E-state index contributed by atoms with van der Waals surface area (Å²) in [5.74, 6) is 1.76. The molecule has 0 aliphatic rings. The standard InChI is InChI=1S/C14H20O3/c1-4-12(16)7-9-14(6-3,11-15)10-8-13(17)5-2/h1,5,15H,2,6-11H2,3H3. The molecule has 3 heteroatoms. The van der Waals surface area contributed by atoms with Crippen molar-refractivity contribution in [3.05, 3.63) is 12.7 Å². The first kappa shape index (κ1) is 15.6. The SMILES string of the molecule is C#CC(=O)CCC(CC)(CO)CCC(=O)C=C. The number of terminal acetylenes is 1. The Labute approximate surface area is 103 Å². The molecule has 0 fully saturated rings. The number of carbonyl (C=O) groups excluding carboxylic acids is 2. The van der Waals surface area contributed by atoms with Crippen LogP contribution in [-0.4, -0.2) is 23.3 Å². The molecular formula is C14H20O3. The minimum atomic E-state index is -0.384. The molecule has 1 atom stereocenters. The predicted molar refractivity (Wildman–Crippen MR) is 67.3 cm³/mol. The average molecular weight is 236 g/mol. The van der Waals surface area contributed by atoms with Gasteiger partial charge in [-0.1, -0.05) is 13.5 Å². The maximum absolute atomic E-state index is 11.2. The molecule has 0 spiro atoms. The summed E-state index contributed by atoms with van der Waals surface area (Å²) < 4.78 is 0. The van der Waals surface area contributed by atoms with Crippen LogP contribution >= 0.6 is 0 Å². The molecule has 0 bridgehead atoms. The molecule has 94 valence electrons. The number of allylic oxidation sites excluding steroid dienone is 1. The van der Waals surface area contributed by atoms with Crippen molar-refractivity contribution in [1.29, 1.82) is 0 Å². The van der Waals surface area contributed by atoms with Crippen LogP contribution < -0.4 is 0 Å². The van der Waals surface area contributed by atoms with Crippen LogP contribution in [0.3, 0.4) is 0 Å². The second-order valence-electron chi connectivity index (χ2n) is 4.25. The molecule has 0 aromatic rings. The lowest BCUT2D eigenvalue weighted by Gasteiger charge is -2.30. The Kier molecular flexibility index (Phi) is 7.16. The second kappa shape index (κ2) is 7.81. The summed E-state index contributed by atoms with van der Waals surface area (Å²) in [5.41, 5.74) is -0.384. The first-order valence-corrected chi connectivity index (χ1v) is 5.79. The molecule has 0 saturated heterocycles. The van der Waals surface area contributed by atoms with Crippen LogP contribution in [-0.2, 0) is 9.59 Å². The van der Waals surface area contributed by atoms with Gasteiger partial charge in [0.05, 0.1) is 0 Å². The second-order valence-corrected chi connectivity index (χ2v) is 4.25. The van der Waals surface area contributed by atoms with Crippen LogP contribution in [0.25, 0.3) is 0 Å². The lowest BCUT2D eigenvalue weighted by Crippen LogP contribution is -2.26. The van der Waals surface area contributed by atoms with Crippen molar-refractivity contribution in [1.82, 2.24) is 0 Å². The van der Waals surface area contributed by atoms with Crippen molar-refractivity contribution in [3.8, 4) is 12.3 Å².